The highest BCUT2D eigenvalue weighted by molar-refractivity contribution is 6.00. The van der Waals surface area contributed by atoms with E-state index in [2.05, 4.69) is 66.5 Å². The van der Waals surface area contributed by atoms with Crippen molar-refractivity contribution in [1.82, 2.24) is 9.97 Å². The third-order valence-electron chi connectivity index (χ3n) is 4.60. The van der Waals surface area contributed by atoms with Crippen LogP contribution >= 0.6 is 0 Å². The first kappa shape index (κ1) is 17.0. The molecule has 0 radical (unpaired) electrons. The van der Waals surface area contributed by atoms with Crippen molar-refractivity contribution in [3.8, 4) is 0 Å². The van der Waals surface area contributed by atoms with Gasteiger partial charge in [0.1, 0.15) is 18.0 Å². The first-order valence-electron chi connectivity index (χ1n) is 8.32. The van der Waals surface area contributed by atoms with Crippen LogP contribution in [0.25, 0.3) is 16.3 Å². The number of hydrogen-bond acceptors (Lipinski definition) is 4. The second-order valence-corrected chi connectivity index (χ2v) is 7.19. The van der Waals surface area contributed by atoms with Crippen LogP contribution in [0, 0.1) is 0 Å². The summed E-state index contributed by atoms with van der Waals surface area (Å²) in [5.41, 5.74) is 8.81. The van der Waals surface area contributed by atoms with Gasteiger partial charge in [-0.3, -0.25) is 0 Å². The van der Waals surface area contributed by atoms with Gasteiger partial charge >= 0.3 is 0 Å². The minimum absolute atomic E-state index is 0.103. The molecule has 0 fully saturated rings. The summed E-state index contributed by atoms with van der Waals surface area (Å²) in [5, 5.41) is 2.31. The maximum absolute atomic E-state index is 6.25. The fourth-order valence-electron chi connectivity index (χ4n) is 2.87. The van der Waals surface area contributed by atoms with Crippen molar-refractivity contribution < 1.29 is 0 Å². The molecule has 4 heteroatoms. The summed E-state index contributed by atoms with van der Waals surface area (Å²) in [6.45, 7) is 10.7. The van der Waals surface area contributed by atoms with Gasteiger partial charge in [-0.05, 0) is 42.7 Å². The summed E-state index contributed by atoms with van der Waals surface area (Å²) in [7, 11) is 2.02. The molecule has 2 N–H and O–H groups in total. The van der Waals surface area contributed by atoms with E-state index in [0.29, 0.717) is 5.82 Å². The largest absolute Gasteiger partial charge is 0.383 e. The molecule has 0 unspecified atom stereocenters. The summed E-state index contributed by atoms with van der Waals surface area (Å²) in [4.78, 5) is 10.8. The van der Waals surface area contributed by atoms with Crippen LogP contribution in [-0.2, 0) is 0 Å². The van der Waals surface area contributed by atoms with E-state index >= 15 is 0 Å². The Kier molecular flexibility index (Phi) is 4.21. The van der Waals surface area contributed by atoms with Crippen LogP contribution in [0.2, 0.25) is 0 Å². The van der Waals surface area contributed by atoms with Crippen molar-refractivity contribution in [3.63, 3.8) is 0 Å². The van der Waals surface area contributed by atoms with Gasteiger partial charge in [-0.15, -0.1) is 0 Å². The maximum atomic E-state index is 6.25. The number of nitrogen functional groups attached to an aromatic ring is 1. The molecule has 0 saturated carbocycles. The van der Waals surface area contributed by atoms with Gasteiger partial charge in [0.2, 0.25) is 0 Å². The summed E-state index contributed by atoms with van der Waals surface area (Å²) in [6, 6.07) is 14.5. The molecule has 2 aromatic carbocycles. The van der Waals surface area contributed by atoms with Crippen LogP contribution in [0.4, 0.5) is 11.6 Å². The van der Waals surface area contributed by atoms with E-state index in [0.717, 1.165) is 27.9 Å². The van der Waals surface area contributed by atoms with E-state index < -0.39 is 0 Å². The molecule has 3 rings (SSSR count). The Balaban J connectivity index is 2.21. The van der Waals surface area contributed by atoms with E-state index in [1.807, 2.05) is 25.2 Å². The van der Waals surface area contributed by atoms with E-state index in [1.165, 1.54) is 11.7 Å². The van der Waals surface area contributed by atoms with E-state index in [9.17, 15) is 0 Å². The van der Waals surface area contributed by atoms with Crippen LogP contribution in [0.3, 0.4) is 0 Å². The zero-order chi connectivity index (χ0) is 18.2. The number of aromatic nitrogens is 2. The Bertz CT molecular complexity index is 933. The summed E-state index contributed by atoms with van der Waals surface area (Å²) in [6.07, 6.45) is 1.51. The molecular weight excluding hydrogens is 308 g/mol. The highest BCUT2D eigenvalue weighted by Crippen LogP contribution is 2.36. The molecular formula is C21H24N4. The quantitative estimate of drug-likeness (QED) is 0.767. The second-order valence-electron chi connectivity index (χ2n) is 7.19. The summed E-state index contributed by atoms with van der Waals surface area (Å²) >= 11 is 0. The lowest BCUT2D eigenvalue weighted by Gasteiger charge is -2.34. The topological polar surface area (TPSA) is 55.0 Å². The molecule has 0 aliphatic carbocycles. The molecule has 25 heavy (non-hydrogen) atoms. The van der Waals surface area contributed by atoms with Crippen molar-refractivity contribution >= 4 is 28.0 Å². The number of fused-ring (bicyclic) bond motifs is 1. The van der Waals surface area contributed by atoms with Crippen LogP contribution in [0.5, 0.6) is 0 Å². The lowest BCUT2D eigenvalue weighted by Crippen LogP contribution is -2.39. The fourth-order valence-corrected chi connectivity index (χ4v) is 2.87. The van der Waals surface area contributed by atoms with Gasteiger partial charge in [-0.25, -0.2) is 9.97 Å². The number of benzene rings is 2. The average molecular weight is 332 g/mol. The SMILES string of the molecule is C=C(c1c(N)ncnc1N(C)C(C)(C)C)c1cccc2ccccc12. The third kappa shape index (κ3) is 3.07. The van der Waals surface area contributed by atoms with Crippen LogP contribution in [-0.4, -0.2) is 22.6 Å². The Morgan fingerprint density at radius 2 is 1.72 bits per heavy atom. The molecule has 1 heterocycles. The van der Waals surface area contributed by atoms with Crippen molar-refractivity contribution in [3.05, 3.63) is 66.5 Å². The Labute approximate surface area is 149 Å². The fraction of sp³-hybridized carbons (Fsp3) is 0.238. The average Bonchev–Trinajstić information content (AvgIpc) is 2.59. The molecule has 0 aliphatic rings. The zero-order valence-electron chi connectivity index (χ0n) is 15.2. The summed E-state index contributed by atoms with van der Waals surface area (Å²) in [5.74, 6) is 1.23. The highest BCUT2D eigenvalue weighted by Gasteiger charge is 2.24. The first-order valence-corrected chi connectivity index (χ1v) is 8.32. The molecule has 4 nitrogen and oxygen atoms in total. The van der Waals surface area contributed by atoms with E-state index in [-0.39, 0.29) is 5.54 Å². The van der Waals surface area contributed by atoms with Crippen molar-refractivity contribution in [2.45, 2.75) is 26.3 Å². The van der Waals surface area contributed by atoms with Gasteiger partial charge < -0.3 is 10.6 Å². The van der Waals surface area contributed by atoms with Gasteiger partial charge in [0.25, 0.3) is 0 Å². The number of nitrogens with zero attached hydrogens (tertiary/aromatic N) is 3. The zero-order valence-corrected chi connectivity index (χ0v) is 15.2. The van der Waals surface area contributed by atoms with Gasteiger partial charge in [0, 0.05) is 12.6 Å². The second kappa shape index (κ2) is 6.20. The number of hydrogen-bond donors (Lipinski definition) is 1. The minimum Gasteiger partial charge on any atom is -0.383 e. The van der Waals surface area contributed by atoms with Gasteiger partial charge in [-0.1, -0.05) is 49.0 Å². The predicted molar refractivity (Wildman–Crippen MR) is 107 cm³/mol. The van der Waals surface area contributed by atoms with Crippen molar-refractivity contribution in [1.29, 1.82) is 0 Å². The smallest absolute Gasteiger partial charge is 0.142 e. The van der Waals surface area contributed by atoms with Crippen LogP contribution in [0.15, 0.2) is 55.4 Å². The molecule has 0 saturated heterocycles. The minimum atomic E-state index is -0.103. The van der Waals surface area contributed by atoms with Gasteiger partial charge in [0.15, 0.2) is 0 Å². The third-order valence-corrected chi connectivity index (χ3v) is 4.60. The monoisotopic (exact) mass is 332 g/mol. The predicted octanol–water partition coefficient (Wildman–Crippen LogP) is 4.51. The number of anilines is 2. The highest BCUT2D eigenvalue weighted by atomic mass is 15.2. The number of nitrogens with two attached hydrogens (primary N) is 1. The molecule has 0 bridgehead atoms. The molecule has 3 aromatic rings. The normalized spacial score (nSPS) is 11.5. The molecule has 0 amide bonds. The van der Waals surface area contributed by atoms with Gasteiger partial charge in [0.05, 0.1) is 5.56 Å². The lowest BCUT2D eigenvalue weighted by molar-refractivity contribution is 0.533. The van der Waals surface area contributed by atoms with Crippen molar-refractivity contribution in [2.75, 3.05) is 17.7 Å². The Hall–Kier alpha value is -2.88. The Morgan fingerprint density at radius 1 is 1.04 bits per heavy atom. The lowest BCUT2D eigenvalue weighted by atomic mass is 9.94. The molecule has 0 aliphatic heterocycles. The van der Waals surface area contributed by atoms with Crippen LogP contribution in [0.1, 0.15) is 31.9 Å². The van der Waals surface area contributed by atoms with Crippen LogP contribution < -0.4 is 10.6 Å². The standard InChI is InChI=1S/C21H24N4/c1-14(16-12-8-10-15-9-6-7-11-17(15)16)18-19(22)23-13-24-20(18)25(5)21(2,3)4/h6-13H,1H2,2-5H3,(H2,22,23,24). The van der Waals surface area contributed by atoms with Crippen molar-refractivity contribution in [2.24, 2.45) is 0 Å². The van der Waals surface area contributed by atoms with E-state index in [1.54, 1.807) is 0 Å². The molecule has 1 aromatic heterocycles. The molecule has 0 atom stereocenters. The molecule has 128 valence electrons. The Morgan fingerprint density at radius 3 is 2.44 bits per heavy atom. The summed E-state index contributed by atoms with van der Waals surface area (Å²) < 4.78 is 0. The molecule has 0 spiro atoms. The van der Waals surface area contributed by atoms with Gasteiger partial charge in [-0.2, -0.15) is 0 Å². The maximum Gasteiger partial charge on any atom is 0.142 e. The first-order chi connectivity index (χ1) is 11.8. The van der Waals surface area contributed by atoms with E-state index in [4.69, 9.17) is 5.73 Å². The number of rotatable bonds is 3.